The topological polar surface area (TPSA) is 107 Å². The summed E-state index contributed by atoms with van der Waals surface area (Å²) in [6.45, 7) is 3.22. The number of methoxy groups -OCH3 is 2. The number of ether oxygens (including phenoxy) is 2. The summed E-state index contributed by atoms with van der Waals surface area (Å²) in [5.74, 6) is -3.85. The fourth-order valence-corrected chi connectivity index (χ4v) is 2.43. The van der Waals surface area contributed by atoms with Gasteiger partial charge in [0.15, 0.2) is 6.29 Å². The number of esters is 2. The number of rotatable bonds is 4. The van der Waals surface area contributed by atoms with Crippen molar-refractivity contribution < 1.29 is 46.9 Å². The summed E-state index contributed by atoms with van der Waals surface area (Å²) in [5, 5.41) is 8.43. The fraction of sp³-hybridized carbons (Fsp3) is 0.154. The number of halogens is 3. The molecule has 3 aromatic carbocycles. The van der Waals surface area contributed by atoms with E-state index in [0.717, 1.165) is 12.1 Å². The van der Waals surface area contributed by atoms with E-state index in [0.29, 0.717) is 17.4 Å². The predicted molar refractivity (Wildman–Crippen MR) is 124 cm³/mol. The molecule has 0 radical (unpaired) electrons. The van der Waals surface area contributed by atoms with Gasteiger partial charge >= 0.3 is 17.9 Å². The number of benzene rings is 3. The zero-order valence-electron chi connectivity index (χ0n) is 19.8. The van der Waals surface area contributed by atoms with E-state index in [2.05, 4.69) is 9.47 Å². The molecule has 3 aromatic rings. The average Bonchev–Trinajstić information content (AvgIpc) is 2.86. The van der Waals surface area contributed by atoms with Gasteiger partial charge in [0.1, 0.15) is 17.5 Å². The van der Waals surface area contributed by atoms with Crippen molar-refractivity contribution in [3.63, 3.8) is 0 Å². The van der Waals surface area contributed by atoms with Crippen molar-refractivity contribution in [2.75, 3.05) is 14.2 Å². The van der Waals surface area contributed by atoms with E-state index in [1.54, 1.807) is 19.9 Å². The first-order chi connectivity index (χ1) is 16.9. The average molecular weight is 504 g/mol. The number of aldehydes is 1. The number of hydrogen-bond acceptors (Lipinski definition) is 6. The van der Waals surface area contributed by atoms with Crippen molar-refractivity contribution in [2.45, 2.75) is 13.8 Å². The minimum atomic E-state index is -1.11. The summed E-state index contributed by atoms with van der Waals surface area (Å²) in [4.78, 5) is 42.3. The summed E-state index contributed by atoms with van der Waals surface area (Å²) in [6.07, 6.45) is 0.385. The van der Waals surface area contributed by atoms with Gasteiger partial charge in [-0.1, -0.05) is 12.1 Å². The van der Waals surface area contributed by atoms with Crippen LogP contribution in [0.15, 0.2) is 54.6 Å². The van der Waals surface area contributed by atoms with E-state index in [1.165, 1.54) is 50.6 Å². The van der Waals surface area contributed by atoms with Crippen LogP contribution in [0.4, 0.5) is 13.2 Å². The largest absolute Gasteiger partial charge is 0.478 e. The van der Waals surface area contributed by atoms with Crippen LogP contribution in [0.3, 0.4) is 0 Å². The quantitative estimate of drug-likeness (QED) is 0.386. The molecule has 36 heavy (non-hydrogen) atoms. The monoisotopic (exact) mass is 504 g/mol. The highest BCUT2D eigenvalue weighted by atomic mass is 19.1. The normalized spacial score (nSPS) is 9.53. The summed E-state index contributed by atoms with van der Waals surface area (Å²) < 4.78 is 47.2. The second kappa shape index (κ2) is 14.1. The third-order valence-corrected chi connectivity index (χ3v) is 4.56. The van der Waals surface area contributed by atoms with Crippen molar-refractivity contribution in [3.05, 3.63) is 105 Å². The van der Waals surface area contributed by atoms with Crippen LogP contribution in [-0.2, 0) is 9.47 Å². The smallest absolute Gasteiger partial charge is 0.337 e. The van der Waals surface area contributed by atoms with Gasteiger partial charge in [0.2, 0.25) is 0 Å². The number of aromatic carboxylic acids is 1. The number of carbonyl (C=O) groups excluding carboxylic acids is 3. The molecule has 0 aliphatic carbocycles. The Morgan fingerprint density at radius 3 is 1.44 bits per heavy atom. The molecule has 190 valence electrons. The molecule has 0 amide bonds. The van der Waals surface area contributed by atoms with E-state index < -0.39 is 35.4 Å². The van der Waals surface area contributed by atoms with Gasteiger partial charge < -0.3 is 14.6 Å². The van der Waals surface area contributed by atoms with Crippen molar-refractivity contribution in [1.82, 2.24) is 0 Å². The SMILES string of the molecule is COC(=O)c1ccc(C)c(F)c1.COC(=O)c1ccc(C=O)c(F)c1.Cc1ccc(C(=O)O)cc1F. The summed E-state index contributed by atoms with van der Waals surface area (Å²) in [6, 6.07) is 11.6. The van der Waals surface area contributed by atoms with Gasteiger partial charge in [-0.3, -0.25) is 4.79 Å². The Labute approximate surface area is 205 Å². The third-order valence-electron chi connectivity index (χ3n) is 4.56. The fourth-order valence-electron chi connectivity index (χ4n) is 2.43. The highest BCUT2D eigenvalue weighted by Gasteiger charge is 2.09. The van der Waals surface area contributed by atoms with Gasteiger partial charge in [0.05, 0.1) is 36.5 Å². The number of carboxylic acid groups (broad SMARTS) is 1. The van der Waals surface area contributed by atoms with Gasteiger partial charge in [-0.25, -0.2) is 27.6 Å². The van der Waals surface area contributed by atoms with E-state index in [1.807, 2.05) is 0 Å². The lowest BCUT2D eigenvalue weighted by atomic mass is 10.1. The van der Waals surface area contributed by atoms with E-state index in [-0.39, 0.29) is 22.3 Å². The number of carbonyl (C=O) groups is 4. The first-order valence-electron chi connectivity index (χ1n) is 10.1. The minimum Gasteiger partial charge on any atom is -0.478 e. The molecule has 0 saturated heterocycles. The summed E-state index contributed by atoms with van der Waals surface area (Å²) in [5.41, 5.74) is 1.20. The molecule has 7 nitrogen and oxygen atoms in total. The van der Waals surface area contributed by atoms with Crippen molar-refractivity contribution in [3.8, 4) is 0 Å². The minimum absolute atomic E-state index is 0.0203. The molecule has 0 aliphatic rings. The molecule has 10 heteroatoms. The van der Waals surface area contributed by atoms with E-state index >= 15 is 0 Å². The third kappa shape index (κ3) is 8.71. The Kier molecular flexibility index (Phi) is 11.5. The van der Waals surface area contributed by atoms with Crippen LogP contribution in [-0.4, -0.2) is 43.5 Å². The number of aryl methyl sites for hydroxylation is 2. The Balaban J connectivity index is 0.000000271. The van der Waals surface area contributed by atoms with Gasteiger partial charge in [-0.15, -0.1) is 0 Å². The summed E-state index contributed by atoms with van der Waals surface area (Å²) >= 11 is 0. The first kappa shape index (κ1) is 29.6. The molecule has 0 saturated carbocycles. The lowest BCUT2D eigenvalue weighted by molar-refractivity contribution is 0.0591. The molecule has 1 N–H and O–H groups in total. The predicted octanol–water partition coefficient (Wildman–Crippen LogP) is 5.18. The molecule has 0 aliphatic heterocycles. The molecular formula is C26H23F3O7. The zero-order chi connectivity index (χ0) is 27.4. The molecule has 0 atom stereocenters. The van der Waals surface area contributed by atoms with Crippen LogP contribution in [0.5, 0.6) is 0 Å². The Bertz CT molecular complexity index is 1260. The lowest BCUT2D eigenvalue weighted by Gasteiger charge is -2.00. The van der Waals surface area contributed by atoms with Gasteiger partial charge in [0, 0.05) is 0 Å². The van der Waals surface area contributed by atoms with E-state index in [4.69, 9.17) is 5.11 Å². The Morgan fingerprint density at radius 1 is 0.694 bits per heavy atom. The molecule has 0 fully saturated rings. The highest BCUT2D eigenvalue weighted by molar-refractivity contribution is 5.90. The molecular weight excluding hydrogens is 481 g/mol. The van der Waals surface area contributed by atoms with Crippen molar-refractivity contribution in [1.29, 1.82) is 0 Å². The zero-order valence-corrected chi connectivity index (χ0v) is 19.8. The molecule has 0 bridgehead atoms. The van der Waals surface area contributed by atoms with Gasteiger partial charge in [-0.2, -0.15) is 0 Å². The number of carboxylic acids is 1. The highest BCUT2D eigenvalue weighted by Crippen LogP contribution is 2.11. The van der Waals surface area contributed by atoms with Gasteiger partial charge in [0.25, 0.3) is 0 Å². The molecule has 0 spiro atoms. The Hall–Kier alpha value is -4.47. The first-order valence-corrected chi connectivity index (χ1v) is 10.1. The number of hydrogen-bond donors (Lipinski definition) is 1. The van der Waals surface area contributed by atoms with Crippen LogP contribution < -0.4 is 0 Å². The molecule has 0 unspecified atom stereocenters. The van der Waals surface area contributed by atoms with Gasteiger partial charge in [-0.05, 0) is 67.4 Å². The van der Waals surface area contributed by atoms with Crippen molar-refractivity contribution >= 4 is 24.2 Å². The maximum absolute atomic E-state index is 12.9. The molecule has 3 rings (SSSR count). The second-order valence-corrected chi connectivity index (χ2v) is 7.07. The maximum Gasteiger partial charge on any atom is 0.337 e. The molecule has 0 aromatic heterocycles. The van der Waals surface area contributed by atoms with Crippen LogP contribution in [0.25, 0.3) is 0 Å². The second-order valence-electron chi connectivity index (χ2n) is 7.07. The van der Waals surface area contributed by atoms with Crippen LogP contribution in [0, 0.1) is 31.3 Å². The van der Waals surface area contributed by atoms with Crippen LogP contribution in [0.1, 0.15) is 52.6 Å². The lowest BCUT2D eigenvalue weighted by Crippen LogP contribution is -2.02. The molecule has 0 heterocycles. The van der Waals surface area contributed by atoms with Crippen molar-refractivity contribution in [2.24, 2.45) is 0 Å². The van der Waals surface area contributed by atoms with Crippen LogP contribution in [0.2, 0.25) is 0 Å². The standard InChI is InChI=1S/C9H7FO3.C9H9FO2.C8H7FO2/c1-13-9(12)6-2-3-7(5-11)8(10)4-6;1-6-3-4-7(5-8(6)10)9(11)12-2;1-5-2-3-6(8(10)11)4-7(5)9/h2-5H,1H3;3-5H,1-2H3;2-4H,1H3,(H,10,11). The summed E-state index contributed by atoms with van der Waals surface area (Å²) in [7, 11) is 2.47. The van der Waals surface area contributed by atoms with Crippen LogP contribution >= 0.6 is 0 Å². The maximum atomic E-state index is 12.9. The van der Waals surface area contributed by atoms with E-state index in [9.17, 15) is 32.3 Å². The Morgan fingerprint density at radius 2 is 1.08 bits per heavy atom.